The van der Waals surface area contributed by atoms with Crippen molar-refractivity contribution in [3.05, 3.63) is 88.5 Å². The molecule has 0 bridgehead atoms. The second-order valence-electron chi connectivity index (χ2n) is 9.63. The standard InChI is InChI=1S/C29H27N3O5/c33-27(30-22-8-4-19(5-9-22)16-31-12-2-1-3-13-31)21-7-10-23-24(15-21)29(35)32(28(23)34)17-20-6-11-25-26(14-20)37-18-36-25/h4-11,14-15H,1-3,12-13,16-18H2,(H,30,33). The lowest BCUT2D eigenvalue weighted by molar-refractivity contribution is 0.0642. The first-order valence-corrected chi connectivity index (χ1v) is 12.6. The first-order chi connectivity index (χ1) is 18.0. The molecule has 3 aromatic carbocycles. The van der Waals surface area contributed by atoms with Crippen LogP contribution in [0.15, 0.2) is 60.7 Å². The minimum Gasteiger partial charge on any atom is -0.454 e. The molecule has 0 unspecified atom stereocenters. The summed E-state index contributed by atoms with van der Waals surface area (Å²) >= 11 is 0. The molecule has 8 nitrogen and oxygen atoms in total. The molecule has 3 aliphatic heterocycles. The number of likely N-dealkylation sites (tertiary alicyclic amines) is 1. The van der Waals surface area contributed by atoms with Gasteiger partial charge in [-0.25, -0.2) is 0 Å². The van der Waals surface area contributed by atoms with Gasteiger partial charge in [0.25, 0.3) is 17.7 Å². The van der Waals surface area contributed by atoms with Crippen LogP contribution in [0.5, 0.6) is 11.5 Å². The molecule has 188 valence electrons. The average molecular weight is 498 g/mol. The first-order valence-electron chi connectivity index (χ1n) is 12.6. The highest BCUT2D eigenvalue weighted by atomic mass is 16.7. The zero-order valence-electron chi connectivity index (χ0n) is 20.4. The van der Waals surface area contributed by atoms with Crippen LogP contribution in [-0.2, 0) is 13.1 Å². The number of carbonyl (C=O) groups is 3. The molecule has 3 heterocycles. The van der Waals surface area contributed by atoms with E-state index in [-0.39, 0.29) is 30.7 Å². The summed E-state index contributed by atoms with van der Waals surface area (Å²) < 4.78 is 10.7. The maximum Gasteiger partial charge on any atom is 0.261 e. The highest BCUT2D eigenvalue weighted by molar-refractivity contribution is 6.22. The Morgan fingerprint density at radius 3 is 2.30 bits per heavy atom. The number of rotatable bonds is 6. The molecule has 0 atom stereocenters. The molecule has 0 aromatic heterocycles. The zero-order chi connectivity index (χ0) is 25.4. The van der Waals surface area contributed by atoms with E-state index in [0.717, 1.165) is 25.2 Å². The van der Waals surface area contributed by atoms with Crippen LogP contribution >= 0.6 is 0 Å². The molecule has 1 N–H and O–H groups in total. The molecule has 0 spiro atoms. The van der Waals surface area contributed by atoms with Crippen LogP contribution in [-0.4, -0.2) is 47.4 Å². The van der Waals surface area contributed by atoms with Gasteiger partial charge in [0.1, 0.15) is 0 Å². The van der Waals surface area contributed by atoms with E-state index in [1.54, 1.807) is 30.3 Å². The molecule has 3 amide bonds. The second kappa shape index (κ2) is 9.71. The van der Waals surface area contributed by atoms with Gasteiger partial charge < -0.3 is 14.8 Å². The van der Waals surface area contributed by atoms with Crippen molar-refractivity contribution < 1.29 is 23.9 Å². The summed E-state index contributed by atoms with van der Waals surface area (Å²) in [6.45, 7) is 3.43. The lowest BCUT2D eigenvalue weighted by atomic mass is 10.1. The summed E-state index contributed by atoms with van der Waals surface area (Å²) in [6, 6.07) is 17.8. The molecule has 3 aliphatic rings. The Balaban J connectivity index is 1.12. The molecule has 0 aliphatic carbocycles. The molecule has 1 saturated heterocycles. The lowest BCUT2D eigenvalue weighted by Crippen LogP contribution is -2.29. The minimum absolute atomic E-state index is 0.105. The Bertz CT molecular complexity index is 1380. The van der Waals surface area contributed by atoms with E-state index in [0.29, 0.717) is 28.3 Å². The van der Waals surface area contributed by atoms with Crippen molar-refractivity contribution in [3.63, 3.8) is 0 Å². The quantitative estimate of drug-likeness (QED) is 0.507. The highest BCUT2D eigenvalue weighted by Crippen LogP contribution is 2.34. The predicted molar refractivity (Wildman–Crippen MR) is 137 cm³/mol. The normalized spacial score (nSPS) is 16.7. The number of anilines is 1. The van der Waals surface area contributed by atoms with Gasteiger partial charge in [-0.2, -0.15) is 0 Å². The largest absolute Gasteiger partial charge is 0.454 e. The van der Waals surface area contributed by atoms with Gasteiger partial charge in [0.15, 0.2) is 11.5 Å². The van der Waals surface area contributed by atoms with E-state index < -0.39 is 5.91 Å². The SMILES string of the molecule is O=C(Nc1ccc(CN2CCCCC2)cc1)c1ccc2c(c1)C(=O)N(Cc1ccc3c(c1)OCO3)C2=O. The van der Waals surface area contributed by atoms with Gasteiger partial charge in [-0.1, -0.05) is 24.6 Å². The molecule has 0 radical (unpaired) electrons. The number of amides is 3. The van der Waals surface area contributed by atoms with Gasteiger partial charge in [0, 0.05) is 17.8 Å². The summed E-state index contributed by atoms with van der Waals surface area (Å²) in [4.78, 5) is 42.6. The van der Waals surface area contributed by atoms with Crippen LogP contribution in [0.4, 0.5) is 5.69 Å². The third-order valence-corrected chi connectivity index (χ3v) is 7.08. The number of fused-ring (bicyclic) bond motifs is 2. The van der Waals surface area contributed by atoms with Crippen LogP contribution in [0.25, 0.3) is 0 Å². The molecule has 0 saturated carbocycles. The third-order valence-electron chi connectivity index (χ3n) is 7.08. The molecular formula is C29H27N3O5. The van der Waals surface area contributed by atoms with E-state index in [1.165, 1.54) is 35.8 Å². The van der Waals surface area contributed by atoms with Crippen molar-refractivity contribution in [3.8, 4) is 11.5 Å². The second-order valence-corrected chi connectivity index (χ2v) is 9.63. The van der Waals surface area contributed by atoms with Gasteiger partial charge >= 0.3 is 0 Å². The van der Waals surface area contributed by atoms with Crippen LogP contribution in [0.2, 0.25) is 0 Å². The topological polar surface area (TPSA) is 88.2 Å². The van der Waals surface area contributed by atoms with Gasteiger partial charge in [0.05, 0.1) is 17.7 Å². The average Bonchev–Trinajstić information content (AvgIpc) is 3.48. The van der Waals surface area contributed by atoms with E-state index >= 15 is 0 Å². The van der Waals surface area contributed by atoms with Crippen LogP contribution < -0.4 is 14.8 Å². The van der Waals surface area contributed by atoms with Crippen molar-refractivity contribution in [2.24, 2.45) is 0 Å². The van der Waals surface area contributed by atoms with E-state index in [2.05, 4.69) is 10.2 Å². The number of nitrogens with zero attached hydrogens (tertiary/aromatic N) is 2. The monoisotopic (exact) mass is 497 g/mol. The van der Waals surface area contributed by atoms with Crippen LogP contribution in [0, 0.1) is 0 Å². The van der Waals surface area contributed by atoms with Crippen molar-refractivity contribution in [1.82, 2.24) is 9.80 Å². The molecule has 3 aromatic rings. The van der Waals surface area contributed by atoms with Crippen LogP contribution in [0.1, 0.15) is 61.5 Å². The number of ether oxygens (including phenoxy) is 2. The molecular weight excluding hydrogens is 470 g/mol. The highest BCUT2D eigenvalue weighted by Gasteiger charge is 2.36. The van der Waals surface area contributed by atoms with E-state index in [9.17, 15) is 14.4 Å². The number of benzene rings is 3. The number of carbonyl (C=O) groups excluding carboxylic acids is 3. The van der Waals surface area contributed by atoms with Crippen molar-refractivity contribution in [2.75, 3.05) is 25.2 Å². The Hall–Kier alpha value is -4.17. The molecule has 37 heavy (non-hydrogen) atoms. The fraction of sp³-hybridized carbons (Fsp3) is 0.276. The molecule has 1 fully saturated rings. The third kappa shape index (κ3) is 4.68. The zero-order valence-corrected chi connectivity index (χ0v) is 20.4. The fourth-order valence-electron chi connectivity index (χ4n) is 5.07. The lowest BCUT2D eigenvalue weighted by Gasteiger charge is -2.26. The number of hydrogen-bond donors (Lipinski definition) is 1. The molecule has 8 heteroatoms. The Morgan fingerprint density at radius 1 is 0.757 bits per heavy atom. The predicted octanol–water partition coefficient (Wildman–Crippen LogP) is 4.45. The summed E-state index contributed by atoms with van der Waals surface area (Å²) in [5, 5.41) is 2.89. The van der Waals surface area contributed by atoms with Gasteiger partial charge in [-0.3, -0.25) is 24.2 Å². The summed E-state index contributed by atoms with van der Waals surface area (Å²) in [7, 11) is 0. The summed E-state index contributed by atoms with van der Waals surface area (Å²) in [6.07, 6.45) is 3.81. The smallest absolute Gasteiger partial charge is 0.261 e. The van der Waals surface area contributed by atoms with E-state index in [4.69, 9.17) is 9.47 Å². The maximum atomic E-state index is 13.1. The van der Waals surface area contributed by atoms with Crippen molar-refractivity contribution in [2.45, 2.75) is 32.4 Å². The Morgan fingerprint density at radius 2 is 1.49 bits per heavy atom. The number of hydrogen-bond acceptors (Lipinski definition) is 6. The van der Waals surface area contributed by atoms with Gasteiger partial charge in [0.2, 0.25) is 6.79 Å². The number of nitrogens with one attached hydrogen (secondary N) is 1. The van der Waals surface area contributed by atoms with Crippen molar-refractivity contribution >= 4 is 23.4 Å². The summed E-state index contributed by atoms with van der Waals surface area (Å²) in [5.41, 5.74) is 3.49. The maximum absolute atomic E-state index is 13.1. The number of piperidine rings is 1. The van der Waals surface area contributed by atoms with Gasteiger partial charge in [-0.15, -0.1) is 0 Å². The first kappa shape index (κ1) is 23.2. The van der Waals surface area contributed by atoms with Crippen molar-refractivity contribution in [1.29, 1.82) is 0 Å². The van der Waals surface area contributed by atoms with Crippen LogP contribution in [0.3, 0.4) is 0 Å². The summed E-state index contributed by atoms with van der Waals surface area (Å²) in [5.74, 6) is 0.0929. The Labute approximate surface area is 214 Å². The number of imide groups is 1. The fourth-order valence-corrected chi connectivity index (χ4v) is 5.07. The van der Waals surface area contributed by atoms with E-state index in [1.807, 2.05) is 24.3 Å². The Kier molecular flexibility index (Phi) is 6.10. The van der Waals surface area contributed by atoms with Gasteiger partial charge in [-0.05, 0) is 79.5 Å². The minimum atomic E-state index is -0.422. The molecule has 6 rings (SSSR count).